The lowest BCUT2D eigenvalue weighted by Crippen LogP contribution is -2.51. The van der Waals surface area contributed by atoms with Crippen molar-refractivity contribution in [2.45, 2.75) is 32.1 Å². The smallest absolute Gasteiger partial charge is 0.269 e. The molecule has 26 heavy (non-hydrogen) atoms. The molecule has 0 aliphatic heterocycles. The van der Waals surface area contributed by atoms with Crippen LogP contribution in [0.25, 0.3) is 0 Å². The van der Waals surface area contributed by atoms with Crippen molar-refractivity contribution in [3.8, 4) is 5.75 Å². The lowest BCUT2D eigenvalue weighted by atomic mass is 9.89. The fourth-order valence-electron chi connectivity index (χ4n) is 2.59. The second kappa shape index (κ2) is 9.66. The minimum atomic E-state index is -0.526. The van der Waals surface area contributed by atoms with Crippen molar-refractivity contribution in [3.63, 3.8) is 0 Å². The SMILES string of the molecule is O=C(COc1ccc([N+](=O)[O-])cc1)NC(=S)NNC(=O)C1CCCCC1. The molecule has 1 aromatic rings. The summed E-state index contributed by atoms with van der Waals surface area (Å²) >= 11 is 4.94. The summed E-state index contributed by atoms with van der Waals surface area (Å²) in [6, 6.07) is 5.35. The van der Waals surface area contributed by atoms with Gasteiger partial charge < -0.3 is 4.74 Å². The monoisotopic (exact) mass is 380 g/mol. The maximum atomic E-state index is 12.0. The Hall–Kier alpha value is -2.75. The van der Waals surface area contributed by atoms with Gasteiger partial charge in [0.15, 0.2) is 11.7 Å². The third kappa shape index (κ3) is 6.28. The highest BCUT2D eigenvalue weighted by molar-refractivity contribution is 7.80. The molecular formula is C16H20N4O5S. The van der Waals surface area contributed by atoms with Crippen LogP contribution in [0.3, 0.4) is 0 Å². The molecule has 9 nitrogen and oxygen atoms in total. The summed E-state index contributed by atoms with van der Waals surface area (Å²) in [6.45, 7) is -0.323. The van der Waals surface area contributed by atoms with Crippen LogP contribution in [0.15, 0.2) is 24.3 Å². The second-order valence-corrected chi connectivity index (χ2v) is 6.27. The quantitative estimate of drug-likeness (QED) is 0.402. The average molecular weight is 380 g/mol. The van der Waals surface area contributed by atoms with Crippen molar-refractivity contribution >= 4 is 34.8 Å². The number of rotatable bonds is 5. The van der Waals surface area contributed by atoms with E-state index in [0.717, 1.165) is 32.1 Å². The summed E-state index contributed by atoms with van der Waals surface area (Å²) < 4.78 is 5.21. The first kappa shape index (κ1) is 19.6. The molecule has 0 aromatic heterocycles. The van der Waals surface area contributed by atoms with Crippen LogP contribution >= 0.6 is 12.2 Å². The van der Waals surface area contributed by atoms with E-state index in [1.807, 2.05) is 0 Å². The Morgan fingerprint density at radius 1 is 1.15 bits per heavy atom. The number of nitrogens with zero attached hydrogens (tertiary/aromatic N) is 1. The lowest BCUT2D eigenvalue weighted by molar-refractivity contribution is -0.384. The van der Waals surface area contributed by atoms with E-state index in [2.05, 4.69) is 16.2 Å². The Morgan fingerprint density at radius 2 is 1.81 bits per heavy atom. The van der Waals surface area contributed by atoms with Gasteiger partial charge in [0.25, 0.3) is 11.6 Å². The van der Waals surface area contributed by atoms with Crippen LogP contribution < -0.4 is 20.9 Å². The number of thiocarbonyl (C=S) groups is 1. The average Bonchev–Trinajstić information content (AvgIpc) is 2.65. The van der Waals surface area contributed by atoms with Gasteiger partial charge in [0.05, 0.1) is 4.92 Å². The lowest BCUT2D eigenvalue weighted by Gasteiger charge is -2.21. The summed E-state index contributed by atoms with van der Waals surface area (Å²) in [5, 5.41) is 12.9. The molecule has 0 heterocycles. The van der Waals surface area contributed by atoms with Crippen molar-refractivity contribution in [1.29, 1.82) is 0 Å². The first-order valence-electron chi connectivity index (χ1n) is 8.22. The zero-order valence-corrected chi connectivity index (χ0v) is 14.8. The van der Waals surface area contributed by atoms with Crippen LogP contribution in [0, 0.1) is 16.0 Å². The normalized spacial score (nSPS) is 14.2. The van der Waals surface area contributed by atoms with E-state index in [-0.39, 0.29) is 29.2 Å². The van der Waals surface area contributed by atoms with Crippen molar-refractivity contribution in [3.05, 3.63) is 34.4 Å². The number of benzene rings is 1. The van der Waals surface area contributed by atoms with Crippen LogP contribution in [-0.2, 0) is 9.59 Å². The first-order valence-corrected chi connectivity index (χ1v) is 8.63. The number of carbonyl (C=O) groups is 2. The van der Waals surface area contributed by atoms with E-state index in [1.165, 1.54) is 24.3 Å². The highest BCUT2D eigenvalue weighted by Gasteiger charge is 2.21. The van der Waals surface area contributed by atoms with Gasteiger partial charge in [-0.05, 0) is 37.2 Å². The molecule has 1 aromatic carbocycles. The Labute approximate surface area is 155 Å². The van der Waals surface area contributed by atoms with Crippen LogP contribution in [0.5, 0.6) is 5.75 Å². The van der Waals surface area contributed by atoms with Crippen molar-refractivity contribution in [2.24, 2.45) is 5.92 Å². The van der Waals surface area contributed by atoms with E-state index in [0.29, 0.717) is 5.75 Å². The largest absolute Gasteiger partial charge is 0.484 e. The molecular weight excluding hydrogens is 360 g/mol. The van der Waals surface area contributed by atoms with Gasteiger partial charge in [0, 0.05) is 18.1 Å². The number of carbonyl (C=O) groups excluding carboxylic acids is 2. The minimum absolute atomic E-state index is 0.0276. The van der Waals surface area contributed by atoms with Gasteiger partial charge in [-0.25, -0.2) is 0 Å². The zero-order valence-electron chi connectivity index (χ0n) is 14.0. The third-order valence-electron chi connectivity index (χ3n) is 3.95. The van der Waals surface area contributed by atoms with Gasteiger partial charge in [0.2, 0.25) is 5.91 Å². The van der Waals surface area contributed by atoms with E-state index in [9.17, 15) is 19.7 Å². The number of hydrogen-bond donors (Lipinski definition) is 3. The van der Waals surface area contributed by atoms with Gasteiger partial charge in [-0.1, -0.05) is 19.3 Å². The fraction of sp³-hybridized carbons (Fsp3) is 0.438. The van der Waals surface area contributed by atoms with E-state index in [1.54, 1.807) is 0 Å². The van der Waals surface area contributed by atoms with Gasteiger partial charge in [-0.15, -0.1) is 0 Å². The topological polar surface area (TPSA) is 123 Å². The van der Waals surface area contributed by atoms with Crippen LogP contribution in [0.1, 0.15) is 32.1 Å². The summed E-state index contributed by atoms with van der Waals surface area (Å²) in [5.74, 6) is -0.369. The standard InChI is InChI=1S/C16H20N4O5S/c21-14(10-25-13-8-6-12(7-9-13)20(23)24)17-16(26)19-18-15(22)11-4-2-1-3-5-11/h6-9,11H,1-5,10H2,(H,18,22)(H2,17,19,21,26). The van der Waals surface area contributed by atoms with E-state index in [4.69, 9.17) is 17.0 Å². The molecule has 2 amide bonds. The predicted octanol–water partition coefficient (Wildman–Crippen LogP) is 1.58. The molecule has 0 unspecified atom stereocenters. The highest BCUT2D eigenvalue weighted by atomic mass is 32.1. The minimum Gasteiger partial charge on any atom is -0.484 e. The molecule has 140 valence electrons. The molecule has 3 N–H and O–H groups in total. The Balaban J connectivity index is 1.67. The predicted molar refractivity (Wildman–Crippen MR) is 97.2 cm³/mol. The van der Waals surface area contributed by atoms with Crippen molar-refractivity contribution < 1.29 is 19.2 Å². The summed E-state index contributed by atoms with van der Waals surface area (Å²) in [6.07, 6.45) is 4.95. The van der Waals surface area contributed by atoms with Crippen LogP contribution in [-0.4, -0.2) is 28.5 Å². The Morgan fingerprint density at radius 3 is 2.42 bits per heavy atom. The summed E-state index contributed by atoms with van der Waals surface area (Å²) in [7, 11) is 0. The molecule has 1 aliphatic carbocycles. The molecule has 10 heteroatoms. The number of ether oxygens (including phenoxy) is 1. The van der Waals surface area contributed by atoms with Crippen molar-refractivity contribution in [1.82, 2.24) is 16.2 Å². The molecule has 1 aliphatic rings. The molecule has 1 fully saturated rings. The molecule has 0 bridgehead atoms. The Kier molecular flexibility index (Phi) is 7.27. The summed E-state index contributed by atoms with van der Waals surface area (Å²) in [5.41, 5.74) is 4.93. The number of non-ortho nitro benzene ring substituents is 1. The number of amides is 2. The van der Waals surface area contributed by atoms with Gasteiger partial charge in [-0.3, -0.25) is 35.9 Å². The molecule has 0 atom stereocenters. The fourth-order valence-corrected chi connectivity index (χ4v) is 2.76. The van der Waals surface area contributed by atoms with Gasteiger partial charge in [-0.2, -0.15) is 0 Å². The molecule has 0 radical (unpaired) electrons. The van der Waals surface area contributed by atoms with Crippen LogP contribution in [0.4, 0.5) is 5.69 Å². The van der Waals surface area contributed by atoms with Gasteiger partial charge in [0.1, 0.15) is 5.75 Å². The maximum Gasteiger partial charge on any atom is 0.269 e. The Bertz CT molecular complexity index is 674. The third-order valence-corrected chi connectivity index (χ3v) is 4.15. The zero-order chi connectivity index (χ0) is 18.9. The number of hydrogen-bond acceptors (Lipinski definition) is 6. The second-order valence-electron chi connectivity index (χ2n) is 5.87. The van der Waals surface area contributed by atoms with Crippen molar-refractivity contribution in [2.75, 3.05) is 6.61 Å². The number of nitrogens with one attached hydrogen (secondary N) is 3. The first-order chi connectivity index (χ1) is 12.5. The molecule has 0 spiro atoms. The highest BCUT2D eigenvalue weighted by Crippen LogP contribution is 2.23. The maximum absolute atomic E-state index is 12.0. The molecule has 0 saturated heterocycles. The van der Waals surface area contributed by atoms with E-state index < -0.39 is 10.8 Å². The number of nitro benzene ring substituents is 1. The molecule has 1 saturated carbocycles. The summed E-state index contributed by atoms with van der Waals surface area (Å²) in [4.78, 5) is 33.8. The van der Waals surface area contributed by atoms with Crippen LogP contribution in [0.2, 0.25) is 0 Å². The molecule has 2 rings (SSSR count). The van der Waals surface area contributed by atoms with Gasteiger partial charge >= 0.3 is 0 Å². The van der Waals surface area contributed by atoms with E-state index >= 15 is 0 Å². The number of hydrazine groups is 1. The number of nitro groups is 1.